The molecule has 256 valence electrons. The molecule has 4 rings (SSSR count). The Morgan fingerprint density at radius 1 is 0.467 bits per heavy atom. The summed E-state index contributed by atoms with van der Waals surface area (Å²) in [7, 11) is 8.73. The van der Waals surface area contributed by atoms with E-state index in [-0.39, 0.29) is 24.4 Å². The number of hydrogen-bond donors (Lipinski definition) is 0. The van der Waals surface area contributed by atoms with E-state index in [0.717, 1.165) is 96.7 Å². The van der Waals surface area contributed by atoms with Crippen LogP contribution in [0.3, 0.4) is 0 Å². The number of nitrogens with zero attached hydrogens (tertiary/aromatic N) is 2. The molecule has 4 heterocycles. The van der Waals surface area contributed by atoms with Crippen LogP contribution in [0.15, 0.2) is 0 Å². The van der Waals surface area contributed by atoms with Gasteiger partial charge in [-0.15, -0.1) is 0 Å². The van der Waals surface area contributed by atoms with Crippen molar-refractivity contribution in [3.05, 3.63) is 0 Å². The monoisotopic (exact) mass is 634 g/mol. The molecule has 0 radical (unpaired) electrons. The predicted octanol–water partition coefficient (Wildman–Crippen LogP) is 0.273. The van der Waals surface area contributed by atoms with Gasteiger partial charge in [0.1, 0.15) is 31.4 Å². The number of rotatable bonds is 20. The molecule has 10 nitrogen and oxygen atoms in total. The molecule has 0 aromatic carbocycles. The lowest BCUT2D eigenvalue weighted by Crippen LogP contribution is -2.47. The van der Waals surface area contributed by atoms with E-state index in [4.69, 9.17) is 37.9 Å². The Morgan fingerprint density at radius 3 is 1.02 bits per heavy atom. The first kappa shape index (κ1) is 37.7. The molecule has 0 aromatic rings. The van der Waals surface area contributed by atoms with E-state index in [1.807, 2.05) is 0 Å². The zero-order valence-electron chi connectivity index (χ0n) is 29.9. The Bertz CT molecular complexity index is 871. The average molecular weight is 634 g/mol. The van der Waals surface area contributed by atoms with Gasteiger partial charge >= 0.3 is 0 Å². The molecule has 0 aromatic heterocycles. The molecule has 4 aliphatic heterocycles. The molecular formula is C31H62B4N2O8. The first-order chi connectivity index (χ1) is 21.4. The second-order valence-corrected chi connectivity index (χ2v) is 14.6. The van der Waals surface area contributed by atoms with E-state index in [2.05, 4.69) is 68.9 Å². The summed E-state index contributed by atoms with van der Waals surface area (Å²) in [5, 5.41) is 0. The third-order valence-electron chi connectivity index (χ3n) is 9.64. The van der Waals surface area contributed by atoms with Crippen molar-refractivity contribution in [1.82, 2.24) is 9.80 Å². The van der Waals surface area contributed by atoms with E-state index in [1.165, 1.54) is 0 Å². The number of ether oxygens (including phenoxy) is 8. The van der Waals surface area contributed by atoms with Crippen molar-refractivity contribution in [3.8, 4) is 0 Å². The van der Waals surface area contributed by atoms with Crippen LogP contribution in [-0.2, 0) is 37.9 Å². The van der Waals surface area contributed by atoms with Crippen molar-refractivity contribution in [2.75, 3.05) is 65.7 Å². The van der Waals surface area contributed by atoms with Crippen molar-refractivity contribution >= 4 is 31.4 Å². The third-order valence-corrected chi connectivity index (χ3v) is 9.64. The van der Waals surface area contributed by atoms with E-state index in [0.29, 0.717) is 26.4 Å². The van der Waals surface area contributed by atoms with Gasteiger partial charge in [-0.2, -0.15) is 0 Å². The van der Waals surface area contributed by atoms with Gasteiger partial charge in [0, 0.05) is 45.7 Å². The van der Waals surface area contributed by atoms with Gasteiger partial charge < -0.3 is 37.9 Å². The molecule has 4 saturated heterocycles. The van der Waals surface area contributed by atoms with Crippen molar-refractivity contribution < 1.29 is 37.9 Å². The van der Waals surface area contributed by atoms with Gasteiger partial charge in [0.15, 0.2) is 23.1 Å². The lowest BCUT2D eigenvalue weighted by atomic mass is 9.98. The van der Waals surface area contributed by atoms with Crippen LogP contribution in [0.1, 0.15) is 59.8 Å². The summed E-state index contributed by atoms with van der Waals surface area (Å²) >= 11 is 0. The molecule has 45 heavy (non-hydrogen) atoms. The largest absolute Gasteiger partial charge is 0.347 e. The van der Waals surface area contributed by atoms with E-state index in [9.17, 15) is 0 Å². The minimum atomic E-state index is -0.501. The minimum Gasteiger partial charge on any atom is -0.347 e. The first-order valence-electron chi connectivity index (χ1n) is 18.1. The highest BCUT2D eigenvalue weighted by Gasteiger charge is 2.42. The van der Waals surface area contributed by atoms with Crippen LogP contribution in [-0.4, -0.2) is 154 Å². The normalized spacial score (nSPS) is 38.7. The van der Waals surface area contributed by atoms with Crippen LogP contribution >= 0.6 is 0 Å². The second-order valence-electron chi connectivity index (χ2n) is 14.6. The first-order valence-corrected chi connectivity index (χ1v) is 18.1. The topological polar surface area (TPSA) is 80.3 Å². The minimum absolute atomic E-state index is 0.0198. The SMILES string of the molecule is BCCCC1(C)OCC(CN(CCN(CC2COC(C)(CCB)O2)CC2COC(C)(CCB)O2)CC2COC(C)(CCB)O2)O1. The third kappa shape index (κ3) is 11.5. The van der Waals surface area contributed by atoms with Crippen LogP contribution in [0.4, 0.5) is 0 Å². The molecule has 8 unspecified atom stereocenters. The summed E-state index contributed by atoms with van der Waals surface area (Å²) in [5.74, 6) is -2.00. The van der Waals surface area contributed by atoms with Gasteiger partial charge in [-0.1, -0.05) is 31.7 Å². The zero-order valence-corrected chi connectivity index (χ0v) is 29.9. The number of hydrogen-bond acceptors (Lipinski definition) is 10. The maximum atomic E-state index is 6.52. The van der Waals surface area contributed by atoms with Gasteiger partial charge in [-0.05, 0) is 47.0 Å². The average Bonchev–Trinajstić information content (AvgIpc) is 3.74. The second kappa shape index (κ2) is 17.0. The Morgan fingerprint density at radius 2 is 0.756 bits per heavy atom. The maximum absolute atomic E-state index is 6.52. The highest BCUT2D eigenvalue weighted by Crippen LogP contribution is 2.32. The van der Waals surface area contributed by atoms with Gasteiger partial charge in [-0.3, -0.25) is 9.80 Å². The van der Waals surface area contributed by atoms with Gasteiger partial charge in [0.2, 0.25) is 0 Å². The molecule has 0 N–H and O–H groups in total. The van der Waals surface area contributed by atoms with E-state index < -0.39 is 23.1 Å². The Labute approximate surface area is 277 Å². The van der Waals surface area contributed by atoms with Crippen LogP contribution in [0.25, 0.3) is 0 Å². The van der Waals surface area contributed by atoms with Crippen LogP contribution in [0, 0.1) is 0 Å². The summed E-state index contributed by atoms with van der Waals surface area (Å²) in [6.45, 7) is 15.6. The summed E-state index contributed by atoms with van der Waals surface area (Å²) in [6.07, 6.45) is 9.00. The van der Waals surface area contributed by atoms with Gasteiger partial charge in [-0.25, -0.2) is 0 Å². The van der Waals surface area contributed by atoms with Crippen LogP contribution < -0.4 is 0 Å². The van der Waals surface area contributed by atoms with Gasteiger partial charge in [0.05, 0.1) is 50.8 Å². The lowest BCUT2D eigenvalue weighted by Gasteiger charge is -2.33. The van der Waals surface area contributed by atoms with Crippen LogP contribution in [0.5, 0.6) is 0 Å². The molecule has 0 spiro atoms. The van der Waals surface area contributed by atoms with E-state index >= 15 is 0 Å². The summed E-state index contributed by atoms with van der Waals surface area (Å²) in [5.41, 5.74) is 0. The standard InChI is InChI=1S/C31H62B4N2O8/c1-28(6-5-10-32)38-20-24(42-28)16-36(17-25-21-39-29(2,43-25)7-11-33)14-15-37(18-26-22-40-30(3,44-26)8-12-34)19-27-23-41-31(4,45-27)9-13-35/h24-27H,5-23,32-35H2,1-4H3. The molecule has 0 amide bonds. The summed E-state index contributed by atoms with van der Waals surface area (Å²) < 4.78 is 50.5. The van der Waals surface area contributed by atoms with E-state index in [1.54, 1.807) is 0 Å². The quantitative estimate of drug-likeness (QED) is 0.175. The molecule has 4 aliphatic rings. The summed E-state index contributed by atoms with van der Waals surface area (Å²) in [4.78, 5) is 4.97. The Balaban J connectivity index is 1.42. The predicted molar refractivity (Wildman–Crippen MR) is 186 cm³/mol. The van der Waals surface area contributed by atoms with Crippen molar-refractivity contribution in [1.29, 1.82) is 0 Å². The van der Waals surface area contributed by atoms with Crippen molar-refractivity contribution in [3.63, 3.8) is 0 Å². The van der Waals surface area contributed by atoms with Crippen molar-refractivity contribution in [2.45, 2.75) is 133 Å². The zero-order chi connectivity index (χ0) is 32.6. The van der Waals surface area contributed by atoms with Gasteiger partial charge in [0.25, 0.3) is 0 Å². The fraction of sp³-hybridized carbons (Fsp3) is 1.00. The summed E-state index contributed by atoms with van der Waals surface area (Å²) in [6, 6.07) is 0. The highest BCUT2D eigenvalue weighted by atomic mass is 16.8. The molecule has 0 aliphatic carbocycles. The molecule has 0 saturated carbocycles. The van der Waals surface area contributed by atoms with Crippen molar-refractivity contribution in [2.24, 2.45) is 0 Å². The Hall–Kier alpha value is -0.140. The molecule has 0 bridgehead atoms. The Kier molecular flexibility index (Phi) is 14.2. The molecule has 14 heteroatoms. The molecule has 4 fully saturated rings. The lowest BCUT2D eigenvalue weighted by molar-refractivity contribution is -0.164. The smallest absolute Gasteiger partial charge is 0.166 e. The fourth-order valence-corrected chi connectivity index (χ4v) is 7.45. The molecule has 8 atom stereocenters. The maximum Gasteiger partial charge on any atom is 0.166 e. The molecular weight excluding hydrogens is 572 g/mol. The highest BCUT2D eigenvalue weighted by molar-refractivity contribution is 6.09. The van der Waals surface area contributed by atoms with Crippen LogP contribution in [0.2, 0.25) is 25.3 Å². The fourth-order valence-electron chi connectivity index (χ4n) is 7.45.